The Morgan fingerprint density at radius 1 is 1.03 bits per heavy atom. The Labute approximate surface area is 183 Å². The van der Waals surface area contributed by atoms with E-state index in [-0.39, 0.29) is 12.1 Å². The summed E-state index contributed by atoms with van der Waals surface area (Å²) in [5.41, 5.74) is 5.93. The summed E-state index contributed by atoms with van der Waals surface area (Å²) in [6.07, 6.45) is 11.7. The van der Waals surface area contributed by atoms with Crippen LogP contribution >= 0.6 is 12.2 Å². The number of pyridine rings is 1. The van der Waals surface area contributed by atoms with Crippen molar-refractivity contribution in [3.8, 4) is 0 Å². The zero-order valence-electron chi connectivity index (χ0n) is 17.6. The number of aromatic nitrogens is 2. The molecule has 0 spiro atoms. The summed E-state index contributed by atoms with van der Waals surface area (Å²) in [6.45, 7) is 4.29. The van der Waals surface area contributed by atoms with Gasteiger partial charge in [0.1, 0.15) is 0 Å². The summed E-state index contributed by atoms with van der Waals surface area (Å²) in [6, 6.07) is 15.7. The molecule has 1 aliphatic heterocycles. The molecule has 5 heteroatoms. The third-order valence-electron chi connectivity index (χ3n) is 6.41. The van der Waals surface area contributed by atoms with Crippen LogP contribution in [0.25, 0.3) is 0 Å². The van der Waals surface area contributed by atoms with Crippen LogP contribution in [0.1, 0.15) is 66.2 Å². The van der Waals surface area contributed by atoms with Gasteiger partial charge in [-0.15, -0.1) is 0 Å². The molecule has 0 bridgehead atoms. The van der Waals surface area contributed by atoms with E-state index in [0.717, 1.165) is 16.5 Å². The van der Waals surface area contributed by atoms with Crippen molar-refractivity contribution in [1.29, 1.82) is 0 Å². The Hall–Kier alpha value is -2.66. The van der Waals surface area contributed by atoms with Crippen molar-refractivity contribution in [2.75, 3.05) is 4.90 Å². The maximum absolute atomic E-state index is 5.86. The van der Waals surface area contributed by atoms with Crippen LogP contribution in [-0.4, -0.2) is 14.7 Å². The maximum atomic E-state index is 5.86. The molecule has 2 aromatic heterocycles. The summed E-state index contributed by atoms with van der Waals surface area (Å²) in [4.78, 5) is 6.94. The lowest BCUT2D eigenvalue weighted by atomic mass is 9.98. The molecule has 154 valence electrons. The Morgan fingerprint density at radius 2 is 1.80 bits per heavy atom. The highest BCUT2D eigenvalue weighted by Crippen LogP contribution is 2.42. The number of thiocarbonyl (C=S) groups is 1. The van der Waals surface area contributed by atoms with Gasteiger partial charge >= 0.3 is 0 Å². The molecule has 1 aliphatic carbocycles. The number of anilines is 1. The van der Waals surface area contributed by atoms with Gasteiger partial charge in [0, 0.05) is 30.3 Å². The standard InChI is InChI=1S/C25H28N4S/c1-17-13-18(2)15-21(14-17)29-24(19-10-12-28(16-19)20-7-3-4-8-20)23(27-25(29)30)22-9-5-6-11-26-22/h5-6,9-16,20,23-24H,3-4,7-8H2,1-2H3,(H,27,30)/t23-,24+/m1/s1. The van der Waals surface area contributed by atoms with Crippen molar-refractivity contribution in [3.63, 3.8) is 0 Å². The molecule has 3 heterocycles. The van der Waals surface area contributed by atoms with Gasteiger partial charge in [-0.05, 0) is 85.9 Å². The number of nitrogens with zero attached hydrogens (tertiary/aromatic N) is 3. The SMILES string of the molecule is Cc1cc(C)cc(N2C(=S)N[C@H](c3ccccn3)[C@@H]2c2ccn(C3CCCC3)c2)c1. The van der Waals surface area contributed by atoms with E-state index in [2.05, 4.69) is 76.3 Å². The van der Waals surface area contributed by atoms with E-state index in [9.17, 15) is 0 Å². The van der Waals surface area contributed by atoms with Gasteiger partial charge < -0.3 is 14.8 Å². The summed E-state index contributed by atoms with van der Waals surface area (Å²) in [5, 5.41) is 4.33. The normalized spacial score (nSPS) is 21.9. The second kappa shape index (κ2) is 7.88. The van der Waals surface area contributed by atoms with Crippen LogP contribution in [-0.2, 0) is 0 Å². The number of hydrogen-bond donors (Lipinski definition) is 1. The molecule has 4 nitrogen and oxygen atoms in total. The van der Waals surface area contributed by atoms with Crippen LogP contribution in [0.4, 0.5) is 5.69 Å². The predicted octanol–water partition coefficient (Wildman–Crippen LogP) is 5.79. The molecule has 5 rings (SSSR count). The molecule has 1 saturated heterocycles. The van der Waals surface area contributed by atoms with E-state index in [1.807, 2.05) is 18.3 Å². The van der Waals surface area contributed by atoms with Gasteiger partial charge in [-0.2, -0.15) is 0 Å². The first-order valence-electron chi connectivity index (χ1n) is 10.9. The highest BCUT2D eigenvalue weighted by molar-refractivity contribution is 7.80. The predicted molar refractivity (Wildman–Crippen MR) is 126 cm³/mol. The largest absolute Gasteiger partial charge is 0.351 e. The maximum Gasteiger partial charge on any atom is 0.174 e. The van der Waals surface area contributed by atoms with Crippen molar-refractivity contribution in [2.45, 2.75) is 57.7 Å². The smallest absolute Gasteiger partial charge is 0.174 e. The Morgan fingerprint density at radius 3 is 2.50 bits per heavy atom. The highest BCUT2D eigenvalue weighted by Gasteiger charge is 2.41. The van der Waals surface area contributed by atoms with E-state index in [4.69, 9.17) is 12.2 Å². The topological polar surface area (TPSA) is 33.1 Å². The first-order chi connectivity index (χ1) is 14.6. The van der Waals surface area contributed by atoms with Crippen molar-refractivity contribution < 1.29 is 0 Å². The fourth-order valence-corrected chi connectivity index (χ4v) is 5.44. The summed E-state index contributed by atoms with van der Waals surface area (Å²) in [7, 11) is 0. The van der Waals surface area contributed by atoms with E-state index in [1.165, 1.54) is 42.4 Å². The fraction of sp³-hybridized carbons (Fsp3) is 0.360. The zero-order valence-corrected chi connectivity index (χ0v) is 18.4. The number of benzene rings is 1. The van der Waals surface area contributed by atoms with Gasteiger partial charge in [0.05, 0.1) is 17.8 Å². The number of aryl methyl sites for hydroxylation is 2. The highest BCUT2D eigenvalue weighted by atomic mass is 32.1. The third kappa shape index (κ3) is 3.52. The van der Waals surface area contributed by atoms with Crippen molar-refractivity contribution >= 4 is 23.0 Å². The monoisotopic (exact) mass is 416 g/mol. The van der Waals surface area contributed by atoms with Gasteiger partial charge in [-0.25, -0.2) is 0 Å². The van der Waals surface area contributed by atoms with E-state index in [0.29, 0.717) is 6.04 Å². The molecule has 1 aromatic carbocycles. The molecule has 0 radical (unpaired) electrons. The third-order valence-corrected chi connectivity index (χ3v) is 6.72. The van der Waals surface area contributed by atoms with Crippen molar-refractivity contribution in [1.82, 2.24) is 14.9 Å². The summed E-state index contributed by atoms with van der Waals surface area (Å²) >= 11 is 5.86. The van der Waals surface area contributed by atoms with Gasteiger partial charge in [0.2, 0.25) is 0 Å². The van der Waals surface area contributed by atoms with Crippen LogP contribution in [0.5, 0.6) is 0 Å². The van der Waals surface area contributed by atoms with Gasteiger partial charge in [0.15, 0.2) is 5.11 Å². The fourth-order valence-electron chi connectivity index (χ4n) is 5.10. The summed E-state index contributed by atoms with van der Waals surface area (Å²) in [5.74, 6) is 0. The van der Waals surface area contributed by atoms with Crippen LogP contribution in [0.2, 0.25) is 0 Å². The molecule has 2 fully saturated rings. The minimum absolute atomic E-state index is 0.0129. The molecular formula is C25H28N4S. The van der Waals surface area contributed by atoms with Crippen LogP contribution < -0.4 is 10.2 Å². The van der Waals surface area contributed by atoms with Crippen LogP contribution in [0, 0.1) is 13.8 Å². The quantitative estimate of drug-likeness (QED) is 0.546. The zero-order chi connectivity index (χ0) is 20.7. The minimum Gasteiger partial charge on any atom is -0.351 e. The molecular weight excluding hydrogens is 388 g/mol. The van der Waals surface area contributed by atoms with Gasteiger partial charge in [0.25, 0.3) is 0 Å². The molecule has 3 aromatic rings. The van der Waals surface area contributed by atoms with Crippen LogP contribution in [0.15, 0.2) is 61.1 Å². The average Bonchev–Trinajstić information content (AvgIpc) is 3.47. The average molecular weight is 417 g/mol. The molecule has 1 saturated carbocycles. The molecule has 0 unspecified atom stereocenters. The van der Waals surface area contributed by atoms with Gasteiger partial charge in [-0.3, -0.25) is 4.98 Å². The molecule has 2 aliphatic rings. The van der Waals surface area contributed by atoms with E-state index in [1.54, 1.807) is 0 Å². The summed E-state index contributed by atoms with van der Waals surface area (Å²) < 4.78 is 2.42. The minimum atomic E-state index is 0.0129. The second-order valence-electron chi connectivity index (χ2n) is 8.67. The first kappa shape index (κ1) is 19.3. The van der Waals surface area contributed by atoms with Gasteiger partial charge in [-0.1, -0.05) is 25.0 Å². The molecule has 30 heavy (non-hydrogen) atoms. The Balaban J connectivity index is 1.59. The van der Waals surface area contributed by atoms with E-state index < -0.39 is 0 Å². The number of rotatable bonds is 4. The number of nitrogens with one attached hydrogen (secondary N) is 1. The van der Waals surface area contributed by atoms with Crippen molar-refractivity contribution in [3.05, 3.63) is 83.4 Å². The molecule has 1 N–H and O–H groups in total. The lowest BCUT2D eigenvalue weighted by Gasteiger charge is -2.28. The lowest BCUT2D eigenvalue weighted by molar-refractivity contribution is 0.515. The molecule has 0 amide bonds. The Bertz CT molecular complexity index is 1030. The second-order valence-corrected chi connectivity index (χ2v) is 9.06. The van der Waals surface area contributed by atoms with Crippen LogP contribution in [0.3, 0.4) is 0 Å². The van der Waals surface area contributed by atoms with E-state index >= 15 is 0 Å². The lowest BCUT2D eigenvalue weighted by Crippen LogP contribution is -2.29. The van der Waals surface area contributed by atoms with Crippen molar-refractivity contribution in [2.24, 2.45) is 0 Å². The Kier molecular flexibility index (Phi) is 5.07. The number of hydrogen-bond acceptors (Lipinski definition) is 2. The first-order valence-corrected chi connectivity index (χ1v) is 11.3. The molecule has 2 atom stereocenters.